The maximum atomic E-state index is 5.68. The van der Waals surface area contributed by atoms with E-state index in [1.54, 1.807) is 0 Å². The van der Waals surface area contributed by atoms with Crippen LogP contribution in [0.25, 0.3) is 0 Å². The van der Waals surface area contributed by atoms with Crippen molar-refractivity contribution in [3.05, 3.63) is 47.8 Å². The van der Waals surface area contributed by atoms with Gasteiger partial charge in [0.15, 0.2) is 0 Å². The van der Waals surface area contributed by atoms with Gasteiger partial charge in [-0.1, -0.05) is 18.2 Å². The molecule has 0 saturated carbocycles. The molecule has 0 fully saturated rings. The summed E-state index contributed by atoms with van der Waals surface area (Å²) in [5.41, 5.74) is 2.55. The quantitative estimate of drug-likeness (QED) is 0.911. The average molecular weight is 257 g/mol. The Kier molecular flexibility index (Phi) is 3.51. The van der Waals surface area contributed by atoms with Crippen molar-refractivity contribution in [3.8, 4) is 5.75 Å². The van der Waals surface area contributed by atoms with Crippen molar-refractivity contribution in [1.82, 2.24) is 15.1 Å². The molecule has 4 heteroatoms. The van der Waals surface area contributed by atoms with Gasteiger partial charge in [0.1, 0.15) is 5.75 Å². The highest BCUT2D eigenvalue weighted by Crippen LogP contribution is 2.32. The van der Waals surface area contributed by atoms with Gasteiger partial charge in [-0.15, -0.1) is 0 Å². The zero-order chi connectivity index (χ0) is 13.1. The first-order chi connectivity index (χ1) is 9.33. The van der Waals surface area contributed by atoms with Crippen LogP contribution in [0.3, 0.4) is 0 Å². The predicted molar refractivity (Wildman–Crippen MR) is 74.2 cm³/mol. The maximum Gasteiger partial charge on any atom is 0.122 e. The number of fused-ring (bicyclic) bond motifs is 1. The molecule has 100 valence electrons. The Balaban J connectivity index is 1.59. The van der Waals surface area contributed by atoms with Gasteiger partial charge >= 0.3 is 0 Å². The molecule has 2 aromatic rings. The number of ether oxygens (including phenoxy) is 1. The number of benzene rings is 1. The molecule has 0 amide bonds. The van der Waals surface area contributed by atoms with Gasteiger partial charge in [0.05, 0.1) is 12.8 Å². The Morgan fingerprint density at radius 3 is 3.16 bits per heavy atom. The van der Waals surface area contributed by atoms with Crippen molar-refractivity contribution in [2.45, 2.75) is 18.9 Å². The van der Waals surface area contributed by atoms with Crippen LogP contribution in [0.5, 0.6) is 5.75 Å². The molecule has 1 atom stereocenters. The minimum absolute atomic E-state index is 0.543. The Bertz CT molecular complexity index is 550. The fraction of sp³-hybridized carbons (Fsp3) is 0.400. The lowest BCUT2D eigenvalue weighted by Crippen LogP contribution is -2.25. The molecule has 1 aliphatic heterocycles. The number of aryl methyl sites for hydroxylation is 1. The van der Waals surface area contributed by atoms with Crippen LogP contribution in [0.1, 0.15) is 23.5 Å². The third kappa shape index (κ3) is 2.79. The summed E-state index contributed by atoms with van der Waals surface area (Å²) in [7, 11) is 1.94. The second kappa shape index (κ2) is 5.45. The summed E-state index contributed by atoms with van der Waals surface area (Å²) in [5, 5.41) is 7.69. The number of para-hydroxylation sites is 1. The molecule has 0 bridgehead atoms. The van der Waals surface area contributed by atoms with Crippen molar-refractivity contribution in [2.24, 2.45) is 7.05 Å². The molecule has 1 aromatic carbocycles. The highest BCUT2D eigenvalue weighted by Gasteiger charge is 2.20. The molecular weight excluding hydrogens is 238 g/mol. The van der Waals surface area contributed by atoms with E-state index in [9.17, 15) is 0 Å². The first-order valence-electron chi connectivity index (χ1n) is 6.73. The maximum absolute atomic E-state index is 5.68. The molecule has 0 aliphatic carbocycles. The van der Waals surface area contributed by atoms with E-state index in [2.05, 4.69) is 28.6 Å². The van der Waals surface area contributed by atoms with Crippen LogP contribution in [0, 0.1) is 0 Å². The van der Waals surface area contributed by atoms with E-state index in [0.29, 0.717) is 5.92 Å². The Labute approximate surface area is 113 Å². The standard InChI is InChI=1S/C15H19N3O/c1-18-11-12(9-17-18)8-16-10-13-6-7-19-15-5-3-2-4-14(13)15/h2-5,9,11,13,16H,6-8,10H2,1H3. The number of hydrogen-bond donors (Lipinski definition) is 1. The van der Waals surface area contributed by atoms with Gasteiger partial charge in [0.2, 0.25) is 0 Å². The molecule has 1 N–H and O–H groups in total. The monoisotopic (exact) mass is 257 g/mol. The highest BCUT2D eigenvalue weighted by atomic mass is 16.5. The average Bonchev–Trinajstić information content (AvgIpc) is 2.85. The summed E-state index contributed by atoms with van der Waals surface area (Å²) in [5.74, 6) is 1.59. The molecule has 1 unspecified atom stereocenters. The number of nitrogens with one attached hydrogen (secondary N) is 1. The van der Waals surface area contributed by atoms with E-state index >= 15 is 0 Å². The number of nitrogens with zero attached hydrogens (tertiary/aromatic N) is 2. The van der Waals surface area contributed by atoms with Gasteiger partial charge in [0, 0.05) is 37.8 Å². The summed E-state index contributed by atoms with van der Waals surface area (Å²) in [4.78, 5) is 0. The zero-order valence-electron chi connectivity index (χ0n) is 11.2. The number of aromatic nitrogens is 2. The third-order valence-corrected chi connectivity index (χ3v) is 3.56. The van der Waals surface area contributed by atoms with Crippen molar-refractivity contribution in [3.63, 3.8) is 0 Å². The summed E-state index contributed by atoms with van der Waals surface area (Å²) in [6, 6.07) is 8.35. The third-order valence-electron chi connectivity index (χ3n) is 3.56. The van der Waals surface area contributed by atoms with Gasteiger partial charge in [-0.2, -0.15) is 5.10 Å². The van der Waals surface area contributed by atoms with Crippen LogP contribution in [0.4, 0.5) is 0 Å². The SMILES string of the molecule is Cn1cc(CNCC2CCOc3ccccc32)cn1. The minimum atomic E-state index is 0.543. The second-order valence-corrected chi connectivity index (χ2v) is 5.03. The van der Waals surface area contributed by atoms with E-state index < -0.39 is 0 Å². The van der Waals surface area contributed by atoms with Gasteiger partial charge in [-0.3, -0.25) is 4.68 Å². The molecule has 4 nitrogen and oxygen atoms in total. The first kappa shape index (κ1) is 12.2. The van der Waals surface area contributed by atoms with Crippen molar-refractivity contribution in [1.29, 1.82) is 0 Å². The molecule has 1 aromatic heterocycles. The highest BCUT2D eigenvalue weighted by molar-refractivity contribution is 5.37. The lowest BCUT2D eigenvalue weighted by Gasteiger charge is -2.26. The topological polar surface area (TPSA) is 39.1 Å². The van der Waals surface area contributed by atoms with Crippen LogP contribution in [-0.2, 0) is 13.6 Å². The fourth-order valence-corrected chi connectivity index (χ4v) is 2.58. The van der Waals surface area contributed by atoms with Crippen molar-refractivity contribution in [2.75, 3.05) is 13.2 Å². The smallest absolute Gasteiger partial charge is 0.122 e. The summed E-state index contributed by atoms with van der Waals surface area (Å²) in [6.07, 6.45) is 5.03. The van der Waals surface area contributed by atoms with Crippen molar-refractivity contribution < 1.29 is 4.74 Å². The summed E-state index contributed by atoms with van der Waals surface area (Å²) in [6.45, 7) is 2.67. The van der Waals surface area contributed by atoms with Crippen LogP contribution < -0.4 is 10.1 Å². The zero-order valence-corrected chi connectivity index (χ0v) is 11.2. The number of rotatable bonds is 4. The predicted octanol–water partition coefficient (Wildman–Crippen LogP) is 2.08. The van der Waals surface area contributed by atoms with Gasteiger partial charge in [-0.25, -0.2) is 0 Å². The van der Waals surface area contributed by atoms with E-state index in [0.717, 1.165) is 31.9 Å². The molecule has 2 heterocycles. The number of hydrogen-bond acceptors (Lipinski definition) is 3. The van der Waals surface area contributed by atoms with Crippen molar-refractivity contribution >= 4 is 0 Å². The molecule has 0 radical (unpaired) electrons. The van der Waals surface area contributed by atoms with E-state index in [1.165, 1.54) is 11.1 Å². The molecule has 0 spiro atoms. The van der Waals surface area contributed by atoms with Crippen LogP contribution in [0.2, 0.25) is 0 Å². The molecule has 19 heavy (non-hydrogen) atoms. The summed E-state index contributed by atoms with van der Waals surface area (Å²) < 4.78 is 7.51. The molecule has 0 saturated heterocycles. The molecular formula is C15H19N3O. The Hall–Kier alpha value is -1.81. The Morgan fingerprint density at radius 2 is 2.32 bits per heavy atom. The van der Waals surface area contributed by atoms with E-state index in [4.69, 9.17) is 4.74 Å². The van der Waals surface area contributed by atoms with Crippen LogP contribution in [-0.4, -0.2) is 22.9 Å². The molecule has 3 rings (SSSR count). The minimum Gasteiger partial charge on any atom is -0.493 e. The fourth-order valence-electron chi connectivity index (χ4n) is 2.58. The van der Waals surface area contributed by atoms with Crippen LogP contribution in [0.15, 0.2) is 36.7 Å². The summed E-state index contributed by atoms with van der Waals surface area (Å²) >= 11 is 0. The second-order valence-electron chi connectivity index (χ2n) is 5.03. The lowest BCUT2D eigenvalue weighted by atomic mass is 9.93. The Morgan fingerprint density at radius 1 is 1.42 bits per heavy atom. The van der Waals surface area contributed by atoms with Crippen LogP contribution >= 0.6 is 0 Å². The lowest BCUT2D eigenvalue weighted by molar-refractivity contribution is 0.264. The van der Waals surface area contributed by atoms with E-state index in [1.807, 2.05) is 30.2 Å². The van der Waals surface area contributed by atoms with Gasteiger partial charge in [0.25, 0.3) is 0 Å². The van der Waals surface area contributed by atoms with Gasteiger partial charge in [-0.05, 0) is 18.1 Å². The normalized spacial score (nSPS) is 17.8. The van der Waals surface area contributed by atoms with Gasteiger partial charge < -0.3 is 10.1 Å². The van der Waals surface area contributed by atoms with E-state index in [-0.39, 0.29) is 0 Å². The molecule has 1 aliphatic rings. The largest absolute Gasteiger partial charge is 0.493 e. The first-order valence-corrected chi connectivity index (χ1v) is 6.73.